The van der Waals surface area contributed by atoms with Crippen LogP contribution in [0.15, 0.2) is 29.2 Å². The third-order valence-electron chi connectivity index (χ3n) is 4.15. The SMILES string of the molecule is Cc1ccc(F)c(S(=O)(=O)NNC(=O)c2cc3c(s2)CCCCC3)c1. The van der Waals surface area contributed by atoms with E-state index in [1.807, 2.05) is 10.9 Å². The number of hydrogen-bond donors (Lipinski definition) is 2. The molecule has 1 aliphatic carbocycles. The van der Waals surface area contributed by atoms with Crippen molar-refractivity contribution >= 4 is 27.3 Å². The van der Waals surface area contributed by atoms with E-state index in [-0.39, 0.29) is 0 Å². The number of thiophene rings is 1. The summed E-state index contributed by atoms with van der Waals surface area (Å²) < 4.78 is 38.2. The van der Waals surface area contributed by atoms with Gasteiger partial charge >= 0.3 is 0 Å². The summed E-state index contributed by atoms with van der Waals surface area (Å²) >= 11 is 1.39. The summed E-state index contributed by atoms with van der Waals surface area (Å²) in [6, 6.07) is 5.60. The highest BCUT2D eigenvalue weighted by Crippen LogP contribution is 2.28. The summed E-state index contributed by atoms with van der Waals surface area (Å²) in [5, 5.41) is 0. The second kappa shape index (κ2) is 7.23. The van der Waals surface area contributed by atoms with E-state index in [2.05, 4.69) is 5.43 Å². The molecule has 25 heavy (non-hydrogen) atoms. The summed E-state index contributed by atoms with van der Waals surface area (Å²) in [7, 11) is -4.18. The molecule has 134 valence electrons. The van der Waals surface area contributed by atoms with Crippen molar-refractivity contribution in [1.82, 2.24) is 10.3 Å². The van der Waals surface area contributed by atoms with Crippen LogP contribution in [0.25, 0.3) is 0 Å². The van der Waals surface area contributed by atoms with Gasteiger partial charge in [0, 0.05) is 4.88 Å². The highest BCUT2D eigenvalue weighted by Gasteiger charge is 2.22. The van der Waals surface area contributed by atoms with E-state index in [0.717, 1.165) is 31.7 Å². The molecule has 0 atom stereocenters. The molecule has 1 heterocycles. The van der Waals surface area contributed by atoms with Crippen LogP contribution in [-0.4, -0.2) is 14.3 Å². The standard InChI is InChI=1S/C17H19FN2O3S2/c1-11-7-8-13(18)16(9-11)25(22,23)20-19-17(21)15-10-12-5-3-2-4-6-14(12)24-15/h7-10,20H,2-6H2,1H3,(H,19,21). The van der Waals surface area contributed by atoms with Crippen molar-refractivity contribution in [1.29, 1.82) is 0 Å². The Hall–Kier alpha value is -1.77. The van der Waals surface area contributed by atoms with E-state index < -0.39 is 26.6 Å². The predicted octanol–water partition coefficient (Wildman–Crippen LogP) is 3.09. The second-order valence-electron chi connectivity index (χ2n) is 6.11. The van der Waals surface area contributed by atoms with Crippen LogP contribution in [0.5, 0.6) is 0 Å². The predicted molar refractivity (Wildman–Crippen MR) is 94.5 cm³/mol. The highest BCUT2D eigenvalue weighted by molar-refractivity contribution is 7.89. The molecule has 0 radical (unpaired) electrons. The maximum absolute atomic E-state index is 13.8. The number of rotatable bonds is 4. The number of carbonyl (C=O) groups is 1. The smallest absolute Gasteiger partial charge is 0.273 e. The molecule has 2 N–H and O–H groups in total. The molecule has 5 nitrogen and oxygen atoms in total. The van der Waals surface area contributed by atoms with E-state index in [1.165, 1.54) is 40.3 Å². The number of fused-ring (bicyclic) bond motifs is 1. The number of aryl methyl sites for hydroxylation is 3. The zero-order valence-corrected chi connectivity index (χ0v) is 15.4. The topological polar surface area (TPSA) is 75.3 Å². The molecule has 8 heteroatoms. The van der Waals surface area contributed by atoms with Crippen LogP contribution in [0.1, 0.15) is 44.9 Å². The molecule has 0 unspecified atom stereocenters. The fourth-order valence-corrected chi connectivity index (χ4v) is 4.98. The molecular weight excluding hydrogens is 363 g/mol. The molecular formula is C17H19FN2O3S2. The van der Waals surface area contributed by atoms with Crippen LogP contribution in [0.3, 0.4) is 0 Å². The van der Waals surface area contributed by atoms with Gasteiger partial charge in [-0.3, -0.25) is 10.2 Å². The van der Waals surface area contributed by atoms with Crippen molar-refractivity contribution in [3.05, 3.63) is 51.0 Å². The number of hydrazine groups is 1. The number of sulfonamides is 1. The first-order valence-corrected chi connectivity index (χ1v) is 10.4. The van der Waals surface area contributed by atoms with Crippen LogP contribution in [0, 0.1) is 12.7 Å². The molecule has 0 spiro atoms. The first kappa shape index (κ1) is 18.0. The van der Waals surface area contributed by atoms with Gasteiger partial charge in [-0.2, -0.15) is 0 Å². The Morgan fingerprint density at radius 2 is 1.92 bits per heavy atom. The summed E-state index contributed by atoms with van der Waals surface area (Å²) in [6.45, 7) is 1.66. The number of carbonyl (C=O) groups excluding carboxylic acids is 1. The van der Waals surface area contributed by atoms with Gasteiger partial charge in [-0.05, 0) is 61.9 Å². The van der Waals surface area contributed by atoms with Gasteiger partial charge in [0.25, 0.3) is 15.9 Å². The quantitative estimate of drug-likeness (QED) is 0.630. The van der Waals surface area contributed by atoms with Crippen molar-refractivity contribution in [2.75, 3.05) is 0 Å². The van der Waals surface area contributed by atoms with Crippen molar-refractivity contribution in [3.8, 4) is 0 Å². The highest BCUT2D eigenvalue weighted by atomic mass is 32.2. The van der Waals surface area contributed by atoms with Crippen molar-refractivity contribution in [2.24, 2.45) is 0 Å². The van der Waals surface area contributed by atoms with Gasteiger partial charge < -0.3 is 0 Å². The molecule has 0 saturated carbocycles. The van der Waals surface area contributed by atoms with Gasteiger partial charge in [-0.15, -0.1) is 16.2 Å². The third kappa shape index (κ3) is 4.08. The van der Waals surface area contributed by atoms with Gasteiger partial charge in [0.05, 0.1) is 4.88 Å². The normalized spacial score (nSPS) is 14.6. The number of hydrogen-bond acceptors (Lipinski definition) is 4. The van der Waals surface area contributed by atoms with Gasteiger partial charge in [0.15, 0.2) is 0 Å². The summed E-state index contributed by atoms with van der Waals surface area (Å²) in [5.74, 6) is -1.40. The van der Waals surface area contributed by atoms with Crippen molar-refractivity contribution < 1.29 is 17.6 Å². The molecule has 1 aromatic carbocycles. The Balaban J connectivity index is 1.72. The molecule has 0 bridgehead atoms. The Labute approximate surface area is 150 Å². The van der Waals surface area contributed by atoms with Crippen LogP contribution in [0.4, 0.5) is 4.39 Å². The lowest BCUT2D eigenvalue weighted by Gasteiger charge is -2.09. The Morgan fingerprint density at radius 3 is 2.72 bits per heavy atom. The van der Waals surface area contributed by atoms with Gasteiger partial charge in [-0.25, -0.2) is 12.8 Å². The van der Waals surface area contributed by atoms with E-state index in [1.54, 1.807) is 6.92 Å². The minimum Gasteiger partial charge on any atom is -0.273 e. The fraction of sp³-hybridized carbons (Fsp3) is 0.353. The molecule has 0 aliphatic heterocycles. The number of nitrogens with one attached hydrogen (secondary N) is 2. The lowest BCUT2D eigenvalue weighted by Crippen LogP contribution is -2.41. The zero-order chi connectivity index (χ0) is 18.0. The number of amides is 1. The molecule has 1 aromatic heterocycles. The van der Waals surface area contributed by atoms with Crippen LogP contribution >= 0.6 is 11.3 Å². The maximum atomic E-state index is 13.8. The zero-order valence-electron chi connectivity index (χ0n) is 13.8. The Morgan fingerprint density at radius 1 is 1.16 bits per heavy atom. The van der Waals surface area contributed by atoms with Crippen molar-refractivity contribution in [2.45, 2.75) is 43.9 Å². The number of halogens is 1. The molecule has 3 rings (SSSR count). The van der Waals surface area contributed by atoms with E-state index in [9.17, 15) is 17.6 Å². The average Bonchev–Trinajstić information content (AvgIpc) is 2.86. The molecule has 1 amide bonds. The molecule has 0 fully saturated rings. The van der Waals surface area contributed by atoms with Gasteiger partial charge in [0.1, 0.15) is 10.7 Å². The largest absolute Gasteiger partial charge is 0.276 e. The lowest BCUT2D eigenvalue weighted by atomic mass is 10.1. The van der Waals surface area contributed by atoms with Crippen LogP contribution < -0.4 is 10.3 Å². The molecule has 0 saturated heterocycles. The maximum Gasteiger partial charge on any atom is 0.276 e. The minimum absolute atomic E-state index is 0.458. The van der Waals surface area contributed by atoms with Crippen LogP contribution in [-0.2, 0) is 22.9 Å². The summed E-state index contributed by atoms with van der Waals surface area (Å²) in [4.78, 5) is 15.4. The number of benzene rings is 1. The Bertz CT molecular complexity index is 883. The molecule has 1 aliphatic rings. The summed E-state index contributed by atoms with van der Waals surface area (Å²) in [6.07, 6.45) is 5.29. The molecule has 2 aromatic rings. The second-order valence-corrected chi connectivity index (χ2v) is 8.90. The lowest BCUT2D eigenvalue weighted by molar-refractivity contribution is 0.0949. The van der Waals surface area contributed by atoms with Gasteiger partial charge in [0.2, 0.25) is 0 Å². The van der Waals surface area contributed by atoms with E-state index in [0.29, 0.717) is 10.4 Å². The van der Waals surface area contributed by atoms with Crippen molar-refractivity contribution in [3.63, 3.8) is 0 Å². The fourth-order valence-electron chi connectivity index (χ4n) is 2.83. The Kier molecular flexibility index (Phi) is 5.21. The van der Waals surface area contributed by atoms with Crippen LogP contribution in [0.2, 0.25) is 0 Å². The first-order valence-electron chi connectivity index (χ1n) is 8.07. The van der Waals surface area contributed by atoms with E-state index in [4.69, 9.17) is 0 Å². The minimum atomic E-state index is -4.18. The average molecular weight is 382 g/mol. The first-order chi connectivity index (χ1) is 11.9. The monoisotopic (exact) mass is 382 g/mol. The summed E-state index contributed by atoms with van der Waals surface area (Å²) in [5.41, 5.74) is 3.95. The van der Waals surface area contributed by atoms with E-state index >= 15 is 0 Å². The van der Waals surface area contributed by atoms with Gasteiger partial charge in [-0.1, -0.05) is 12.5 Å². The third-order valence-corrected chi connectivity index (χ3v) is 6.64.